The van der Waals surface area contributed by atoms with E-state index in [2.05, 4.69) is 6.92 Å². The van der Waals surface area contributed by atoms with Gasteiger partial charge in [-0.05, 0) is 18.6 Å². The average Bonchev–Trinajstić information content (AvgIpc) is 2.47. The molecular weight excluding hydrogens is 296 g/mol. The quantitative estimate of drug-likeness (QED) is 0.381. The van der Waals surface area contributed by atoms with Crippen molar-refractivity contribution in [3.63, 3.8) is 0 Å². The molecule has 0 aromatic carbocycles. The van der Waals surface area contributed by atoms with Gasteiger partial charge < -0.3 is 29.9 Å². The molecule has 1 rings (SSSR count). The van der Waals surface area contributed by atoms with Crippen molar-refractivity contribution >= 4 is 17.3 Å². The maximum absolute atomic E-state index is 9.81. The summed E-state index contributed by atoms with van der Waals surface area (Å²) in [4.78, 5) is 0. The Morgan fingerprint density at radius 2 is 1.71 bits per heavy atom. The minimum absolute atomic E-state index is 0.302. The Morgan fingerprint density at radius 1 is 1.05 bits per heavy atom. The monoisotopic (exact) mass is 322 g/mol. The lowest BCUT2D eigenvalue weighted by Crippen LogP contribution is -2.59. The second-order valence-electron chi connectivity index (χ2n) is 5.35. The van der Waals surface area contributed by atoms with Gasteiger partial charge in [0.05, 0.1) is 6.61 Å². The predicted octanol–water partition coefficient (Wildman–Crippen LogP) is 0.491. The fourth-order valence-corrected chi connectivity index (χ4v) is 2.47. The van der Waals surface area contributed by atoms with E-state index in [0.29, 0.717) is 11.5 Å². The lowest BCUT2D eigenvalue weighted by molar-refractivity contribution is -0.281. The number of rotatable bonds is 8. The van der Waals surface area contributed by atoms with Crippen molar-refractivity contribution in [2.24, 2.45) is 0 Å². The molecule has 5 atom stereocenters. The van der Waals surface area contributed by atoms with E-state index < -0.39 is 37.3 Å². The number of hydrogen-bond acceptors (Lipinski definition) is 7. The molecule has 0 aromatic rings. The largest absolute Gasteiger partial charge is 0.455 e. The molecule has 7 heteroatoms. The van der Waals surface area contributed by atoms with Crippen molar-refractivity contribution < 1.29 is 29.9 Å². The van der Waals surface area contributed by atoms with Crippen LogP contribution in [0.1, 0.15) is 45.4 Å². The van der Waals surface area contributed by atoms with Crippen LogP contribution in [0, 0.1) is 0 Å². The van der Waals surface area contributed by atoms with Crippen molar-refractivity contribution in [2.75, 3.05) is 6.61 Å². The Bertz CT molecular complexity index is 312. The zero-order valence-corrected chi connectivity index (χ0v) is 13.2. The fourth-order valence-electron chi connectivity index (χ4n) is 2.23. The van der Waals surface area contributed by atoms with Crippen molar-refractivity contribution in [1.82, 2.24) is 0 Å². The molecule has 0 saturated carbocycles. The zero-order chi connectivity index (χ0) is 15.8. The normalized spacial score (nSPS) is 32.9. The molecule has 0 aromatic heterocycles. The Kier molecular flexibility index (Phi) is 8.62. The first-order valence-electron chi connectivity index (χ1n) is 7.51. The minimum Gasteiger partial charge on any atom is -0.455 e. The molecule has 0 unspecified atom stereocenters. The molecule has 21 heavy (non-hydrogen) atoms. The molecule has 1 fully saturated rings. The molecule has 124 valence electrons. The van der Waals surface area contributed by atoms with Gasteiger partial charge in [-0.2, -0.15) is 0 Å². The van der Waals surface area contributed by atoms with Crippen LogP contribution in [0.3, 0.4) is 0 Å². The zero-order valence-electron chi connectivity index (χ0n) is 12.4. The van der Waals surface area contributed by atoms with Crippen molar-refractivity contribution in [3.8, 4) is 0 Å². The average molecular weight is 322 g/mol. The van der Waals surface area contributed by atoms with E-state index in [1.165, 1.54) is 12.8 Å². The lowest BCUT2D eigenvalue weighted by Gasteiger charge is -2.39. The Hall–Kier alpha value is -0.310. The van der Waals surface area contributed by atoms with Crippen LogP contribution in [0.5, 0.6) is 0 Å². The summed E-state index contributed by atoms with van der Waals surface area (Å²) in [6.45, 7) is 1.67. The van der Waals surface area contributed by atoms with Crippen molar-refractivity contribution in [2.45, 2.75) is 76.2 Å². The molecule has 1 aliphatic rings. The molecular formula is C14H26O6S. The summed E-state index contributed by atoms with van der Waals surface area (Å²) < 4.78 is 10.6. The van der Waals surface area contributed by atoms with Crippen LogP contribution in [-0.4, -0.2) is 62.8 Å². The van der Waals surface area contributed by atoms with Gasteiger partial charge in [0.1, 0.15) is 24.4 Å². The van der Waals surface area contributed by atoms with E-state index >= 15 is 0 Å². The molecule has 0 amide bonds. The van der Waals surface area contributed by atoms with Gasteiger partial charge in [0.25, 0.3) is 0 Å². The Labute approximate surface area is 130 Å². The molecule has 0 bridgehead atoms. The number of hydrogen-bond donors (Lipinski definition) is 4. The van der Waals surface area contributed by atoms with Crippen LogP contribution in [-0.2, 0) is 9.47 Å². The summed E-state index contributed by atoms with van der Waals surface area (Å²) >= 11 is 5.09. The summed E-state index contributed by atoms with van der Waals surface area (Å²) in [5.41, 5.74) is 0. The first kappa shape index (κ1) is 18.7. The number of aliphatic hydroxyl groups excluding tert-OH is 4. The summed E-state index contributed by atoms with van der Waals surface area (Å²) in [6.07, 6.45) is -0.298. The highest BCUT2D eigenvalue weighted by molar-refractivity contribution is 7.80. The van der Waals surface area contributed by atoms with Crippen LogP contribution in [0.15, 0.2) is 0 Å². The van der Waals surface area contributed by atoms with Crippen molar-refractivity contribution in [1.29, 1.82) is 0 Å². The first-order valence-corrected chi connectivity index (χ1v) is 7.92. The van der Waals surface area contributed by atoms with E-state index in [1.54, 1.807) is 0 Å². The first-order chi connectivity index (χ1) is 10.0. The Morgan fingerprint density at radius 3 is 2.33 bits per heavy atom. The van der Waals surface area contributed by atoms with E-state index in [0.717, 1.165) is 19.3 Å². The second kappa shape index (κ2) is 9.66. The third kappa shape index (κ3) is 5.77. The number of aliphatic hydroxyl groups is 4. The smallest absolute Gasteiger partial charge is 0.229 e. The van der Waals surface area contributed by atoms with Gasteiger partial charge in [-0.1, -0.05) is 32.6 Å². The van der Waals surface area contributed by atoms with E-state index in [9.17, 15) is 15.3 Å². The van der Waals surface area contributed by atoms with Gasteiger partial charge in [0.15, 0.2) is 5.05 Å². The minimum atomic E-state index is -1.44. The van der Waals surface area contributed by atoms with Crippen LogP contribution in [0.25, 0.3) is 0 Å². The van der Waals surface area contributed by atoms with E-state index in [-0.39, 0.29) is 0 Å². The topological polar surface area (TPSA) is 99.4 Å². The van der Waals surface area contributed by atoms with Gasteiger partial charge in [0.2, 0.25) is 6.29 Å². The van der Waals surface area contributed by atoms with Gasteiger partial charge in [0, 0.05) is 6.42 Å². The highest BCUT2D eigenvalue weighted by atomic mass is 32.1. The fraction of sp³-hybridized carbons (Fsp3) is 0.929. The van der Waals surface area contributed by atoms with Crippen molar-refractivity contribution in [3.05, 3.63) is 0 Å². The lowest BCUT2D eigenvalue weighted by atomic mass is 9.99. The SMILES string of the molecule is CCCCCCCC(=S)O[C@@H]1O[C@H](CO)[C@@H](O)[C@H](O)[C@H]1O. The van der Waals surface area contributed by atoms with Crippen LogP contribution >= 0.6 is 12.2 Å². The second-order valence-corrected chi connectivity index (χ2v) is 5.81. The van der Waals surface area contributed by atoms with Gasteiger partial charge >= 0.3 is 0 Å². The highest BCUT2D eigenvalue weighted by Gasteiger charge is 2.44. The molecule has 1 saturated heterocycles. The summed E-state index contributed by atoms with van der Waals surface area (Å²) in [5, 5.41) is 38.5. The van der Waals surface area contributed by atoms with Gasteiger partial charge in [-0.3, -0.25) is 0 Å². The highest BCUT2D eigenvalue weighted by Crippen LogP contribution is 2.22. The predicted molar refractivity (Wildman–Crippen MR) is 80.8 cm³/mol. The summed E-state index contributed by atoms with van der Waals surface area (Å²) in [7, 11) is 0. The third-order valence-corrected chi connectivity index (χ3v) is 3.88. The Balaban J connectivity index is 2.36. The van der Waals surface area contributed by atoms with Crippen LogP contribution < -0.4 is 0 Å². The molecule has 0 aliphatic carbocycles. The molecule has 6 nitrogen and oxygen atoms in total. The van der Waals surface area contributed by atoms with Crippen LogP contribution in [0.2, 0.25) is 0 Å². The number of thiocarbonyl (C=S) groups is 1. The molecule has 1 aliphatic heterocycles. The van der Waals surface area contributed by atoms with Gasteiger partial charge in [-0.15, -0.1) is 0 Å². The number of ether oxygens (including phenoxy) is 2. The van der Waals surface area contributed by atoms with E-state index in [1.807, 2.05) is 0 Å². The number of unbranched alkanes of at least 4 members (excludes halogenated alkanes) is 4. The summed E-state index contributed by atoms with van der Waals surface area (Å²) in [5.74, 6) is 0. The standard InChI is InChI=1S/C14H26O6S/c1-2-3-4-5-6-7-10(21)20-14-13(18)12(17)11(16)9(8-15)19-14/h9,11-18H,2-8H2,1H3/t9-,11-,12+,13-,14+/m1/s1. The third-order valence-electron chi connectivity index (χ3n) is 3.58. The van der Waals surface area contributed by atoms with E-state index in [4.69, 9.17) is 26.8 Å². The summed E-state index contributed by atoms with van der Waals surface area (Å²) in [6, 6.07) is 0. The maximum atomic E-state index is 9.81. The molecule has 4 N–H and O–H groups in total. The molecule has 1 heterocycles. The molecule has 0 spiro atoms. The van der Waals surface area contributed by atoms with Gasteiger partial charge in [-0.25, -0.2) is 0 Å². The van der Waals surface area contributed by atoms with Crippen LogP contribution in [0.4, 0.5) is 0 Å². The maximum Gasteiger partial charge on any atom is 0.229 e. The molecule has 0 radical (unpaired) electrons.